The number of hydrogen-bond acceptors (Lipinski definition) is 4. The Balaban J connectivity index is 1.58. The highest BCUT2D eigenvalue weighted by atomic mass is 35.5. The Hall–Kier alpha value is -2.13. The summed E-state index contributed by atoms with van der Waals surface area (Å²) in [4.78, 5) is 16.1. The number of benzene rings is 2. The van der Waals surface area contributed by atoms with Crippen LogP contribution in [0.25, 0.3) is 16.5 Å². The quantitative estimate of drug-likeness (QED) is 0.276. The number of thiophene rings is 1. The van der Waals surface area contributed by atoms with E-state index in [-0.39, 0.29) is 10.9 Å². The third-order valence-electron chi connectivity index (χ3n) is 4.52. The molecule has 1 aliphatic heterocycles. The maximum Gasteiger partial charge on any atom is 0.416 e. The summed E-state index contributed by atoms with van der Waals surface area (Å²) in [6, 6.07) is 16.2. The van der Waals surface area contributed by atoms with Crippen LogP contribution >= 0.6 is 46.9 Å². The molecule has 0 aliphatic carbocycles. The van der Waals surface area contributed by atoms with Crippen molar-refractivity contribution in [1.82, 2.24) is 4.90 Å². The molecule has 31 heavy (non-hydrogen) atoms. The van der Waals surface area contributed by atoms with Crippen molar-refractivity contribution in [1.29, 1.82) is 0 Å². The van der Waals surface area contributed by atoms with Gasteiger partial charge < -0.3 is 0 Å². The minimum absolute atomic E-state index is 0.189. The van der Waals surface area contributed by atoms with E-state index in [4.69, 9.17) is 23.8 Å². The van der Waals surface area contributed by atoms with Gasteiger partial charge in [0, 0.05) is 20.3 Å². The first-order chi connectivity index (χ1) is 14.7. The van der Waals surface area contributed by atoms with Crippen LogP contribution in [0.2, 0.25) is 5.02 Å². The monoisotopic (exact) mass is 495 g/mol. The standard InChI is InChI=1S/C22H13ClF3NOS3/c23-17-8-6-14(22(24,25)26)10-16(17)18-9-7-15(30-18)11-19-20(28)27(21(29)31-19)12-13-4-2-1-3-5-13/h1-11H,12H2/b19-11+. The minimum atomic E-state index is -4.45. The fraction of sp³-hybridized carbons (Fsp3) is 0.0909. The molecule has 3 aromatic rings. The Morgan fingerprint density at radius 1 is 1.06 bits per heavy atom. The lowest BCUT2D eigenvalue weighted by Crippen LogP contribution is -2.27. The molecule has 2 aromatic carbocycles. The number of thiocarbonyl (C=S) groups is 1. The summed E-state index contributed by atoms with van der Waals surface area (Å²) in [6.45, 7) is 0.387. The van der Waals surface area contributed by atoms with E-state index in [0.29, 0.717) is 26.2 Å². The molecular formula is C22H13ClF3NOS3. The summed E-state index contributed by atoms with van der Waals surface area (Å²) in [6.07, 6.45) is -2.74. The van der Waals surface area contributed by atoms with Crippen molar-refractivity contribution in [2.24, 2.45) is 0 Å². The van der Waals surface area contributed by atoms with E-state index in [1.54, 1.807) is 23.1 Å². The third kappa shape index (κ3) is 4.87. The van der Waals surface area contributed by atoms with Gasteiger partial charge in [-0.1, -0.05) is 65.9 Å². The van der Waals surface area contributed by atoms with E-state index in [2.05, 4.69) is 0 Å². The SMILES string of the molecule is O=C1/C(=C\c2ccc(-c3cc(C(F)(F)F)ccc3Cl)s2)SC(=S)N1Cc1ccccc1. The maximum atomic E-state index is 13.1. The van der Waals surface area contributed by atoms with Crippen LogP contribution < -0.4 is 0 Å². The van der Waals surface area contributed by atoms with E-state index in [9.17, 15) is 18.0 Å². The third-order valence-corrected chi connectivity index (χ3v) is 7.29. The Morgan fingerprint density at radius 2 is 1.81 bits per heavy atom. The number of hydrogen-bond donors (Lipinski definition) is 0. The first-order valence-electron chi connectivity index (χ1n) is 8.98. The van der Waals surface area contributed by atoms with Crippen molar-refractivity contribution in [3.63, 3.8) is 0 Å². The number of nitrogens with zero attached hydrogens (tertiary/aromatic N) is 1. The van der Waals surface area contributed by atoms with Crippen molar-refractivity contribution >= 4 is 63.2 Å². The van der Waals surface area contributed by atoms with Crippen LogP contribution in [0.1, 0.15) is 16.0 Å². The molecule has 0 bridgehead atoms. The number of thioether (sulfide) groups is 1. The molecule has 9 heteroatoms. The van der Waals surface area contributed by atoms with E-state index >= 15 is 0 Å². The molecule has 158 valence electrons. The van der Waals surface area contributed by atoms with Crippen molar-refractivity contribution in [2.45, 2.75) is 12.7 Å². The molecule has 2 nitrogen and oxygen atoms in total. The van der Waals surface area contributed by atoms with Gasteiger partial charge in [0.1, 0.15) is 4.32 Å². The van der Waals surface area contributed by atoms with Crippen LogP contribution in [0.15, 0.2) is 65.6 Å². The second-order valence-corrected chi connectivity index (χ2v) is 9.85. The summed E-state index contributed by atoms with van der Waals surface area (Å²) in [5.41, 5.74) is 0.513. The first-order valence-corrected chi connectivity index (χ1v) is 11.4. The second-order valence-electron chi connectivity index (χ2n) is 6.65. The van der Waals surface area contributed by atoms with Gasteiger partial charge in [-0.3, -0.25) is 9.69 Å². The van der Waals surface area contributed by atoms with E-state index < -0.39 is 11.7 Å². The summed E-state index contributed by atoms with van der Waals surface area (Å²) >= 11 is 14.0. The van der Waals surface area contributed by atoms with Crippen LogP contribution in [0.4, 0.5) is 13.2 Å². The lowest BCUT2D eigenvalue weighted by molar-refractivity contribution is -0.137. The number of amides is 1. The topological polar surface area (TPSA) is 20.3 Å². The Bertz CT molecular complexity index is 1190. The van der Waals surface area contributed by atoms with Crippen molar-refractivity contribution < 1.29 is 18.0 Å². The molecular weight excluding hydrogens is 483 g/mol. The highest BCUT2D eigenvalue weighted by Crippen LogP contribution is 2.40. The number of alkyl halides is 3. The number of rotatable bonds is 4. The molecule has 1 saturated heterocycles. The molecule has 0 atom stereocenters. The molecule has 1 amide bonds. The fourth-order valence-electron chi connectivity index (χ4n) is 3.00. The Kier molecular flexibility index (Phi) is 6.25. The molecule has 0 N–H and O–H groups in total. The summed E-state index contributed by atoms with van der Waals surface area (Å²) < 4.78 is 39.6. The van der Waals surface area contributed by atoms with Gasteiger partial charge in [0.25, 0.3) is 5.91 Å². The molecule has 2 heterocycles. The molecule has 0 unspecified atom stereocenters. The van der Waals surface area contributed by atoms with Gasteiger partial charge in [-0.25, -0.2) is 0 Å². The highest BCUT2D eigenvalue weighted by Gasteiger charge is 2.33. The van der Waals surface area contributed by atoms with Crippen LogP contribution in [-0.4, -0.2) is 15.1 Å². The zero-order chi connectivity index (χ0) is 22.2. The Labute approximate surface area is 195 Å². The molecule has 0 spiro atoms. The molecule has 0 saturated carbocycles. The van der Waals surface area contributed by atoms with Gasteiger partial charge >= 0.3 is 6.18 Å². The second kappa shape index (κ2) is 8.78. The smallest absolute Gasteiger partial charge is 0.288 e. The van der Waals surface area contributed by atoms with E-state index in [1.165, 1.54) is 29.2 Å². The van der Waals surface area contributed by atoms with Gasteiger partial charge in [-0.2, -0.15) is 13.2 Å². The van der Waals surface area contributed by atoms with Crippen LogP contribution in [0.5, 0.6) is 0 Å². The van der Waals surface area contributed by atoms with Gasteiger partial charge in [0.15, 0.2) is 0 Å². The molecule has 0 radical (unpaired) electrons. The summed E-state index contributed by atoms with van der Waals surface area (Å²) in [5.74, 6) is -0.189. The summed E-state index contributed by atoms with van der Waals surface area (Å²) in [5, 5.41) is 0.232. The number of carbonyl (C=O) groups is 1. The van der Waals surface area contributed by atoms with E-state index in [0.717, 1.165) is 22.6 Å². The zero-order valence-electron chi connectivity index (χ0n) is 15.7. The summed E-state index contributed by atoms with van der Waals surface area (Å²) in [7, 11) is 0. The first kappa shape index (κ1) is 22.1. The van der Waals surface area contributed by atoms with Gasteiger partial charge in [-0.15, -0.1) is 11.3 Å². The zero-order valence-corrected chi connectivity index (χ0v) is 18.9. The normalized spacial score (nSPS) is 15.9. The van der Waals surface area contributed by atoms with Gasteiger partial charge in [0.05, 0.1) is 17.0 Å². The lowest BCUT2D eigenvalue weighted by atomic mass is 10.1. The fourth-order valence-corrected chi connectivity index (χ4v) is 5.57. The predicted molar refractivity (Wildman–Crippen MR) is 125 cm³/mol. The van der Waals surface area contributed by atoms with E-state index in [1.807, 2.05) is 30.3 Å². The van der Waals surface area contributed by atoms with Crippen molar-refractivity contribution in [3.8, 4) is 10.4 Å². The highest BCUT2D eigenvalue weighted by molar-refractivity contribution is 8.26. The van der Waals surface area contributed by atoms with Gasteiger partial charge in [0.2, 0.25) is 0 Å². The number of halogens is 4. The molecule has 1 aromatic heterocycles. The molecule has 1 aliphatic rings. The minimum Gasteiger partial charge on any atom is -0.288 e. The maximum absolute atomic E-state index is 13.1. The average molecular weight is 496 g/mol. The average Bonchev–Trinajstić information content (AvgIpc) is 3.28. The van der Waals surface area contributed by atoms with Crippen molar-refractivity contribution in [2.75, 3.05) is 0 Å². The van der Waals surface area contributed by atoms with Gasteiger partial charge in [-0.05, 0) is 42.0 Å². The Morgan fingerprint density at radius 3 is 2.52 bits per heavy atom. The lowest BCUT2D eigenvalue weighted by Gasteiger charge is -2.14. The predicted octanol–water partition coefficient (Wildman–Crippen LogP) is 7.49. The molecule has 1 fully saturated rings. The van der Waals surface area contributed by atoms with Crippen molar-refractivity contribution in [3.05, 3.63) is 86.6 Å². The largest absolute Gasteiger partial charge is 0.416 e. The van der Waals surface area contributed by atoms with Crippen LogP contribution in [-0.2, 0) is 17.5 Å². The van der Waals surface area contributed by atoms with Crippen LogP contribution in [0.3, 0.4) is 0 Å². The van der Waals surface area contributed by atoms with Crippen LogP contribution in [0, 0.1) is 0 Å². The molecule has 4 rings (SSSR count). The number of carbonyl (C=O) groups excluding carboxylic acids is 1.